The van der Waals surface area contributed by atoms with Gasteiger partial charge < -0.3 is 37.0 Å². The number of carbonyl (C=O) groups excluding carboxylic acids is 3. The van der Waals surface area contributed by atoms with Crippen molar-refractivity contribution in [3.05, 3.63) is 47.2 Å². The minimum atomic E-state index is -2.98. The fraction of sp³-hybridized carbons (Fsp3) is 0.381. The third kappa shape index (κ3) is 2.32. The molecule has 9 N–H and O–H groups in total. The Morgan fingerprint density at radius 3 is 2.39 bits per heavy atom. The van der Waals surface area contributed by atoms with Gasteiger partial charge in [-0.15, -0.1) is 0 Å². The summed E-state index contributed by atoms with van der Waals surface area (Å²) in [7, 11) is 0. The van der Waals surface area contributed by atoms with Crippen LogP contribution in [0.15, 0.2) is 36.1 Å². The normalized spacial score (nSPS) is 39.6. The van der Waals surface area contributed by atoms with Crippen molar-refractivity contribution in [1.29, 1.82) is 0 Å². The number of benzene rings is 1. The zero-order valence-corrected chi connectivity index (χ0v) is 16.4. The first-order valence-electron chi connectivity index (χ1n) is 9.50. The van der Waals surface area contributed by atoms with Crippen LogP contribution in [-0.2, 0) is 9.59 Å². The molecule has 0 aromatic heterocycles. The molecule has 10 nitrogen and oxygen atoms in total. The molecule has 0 saturated heterocycles. The third-order valence-corrected chi connectivity index (χ3v) is 6.88. The van der Waals surface area contributed by atoms with Gasteiger partial charge in [0.1, 0.15) is 17.4 Å². The number of fused-ring (bicyclic) bond motifs is 3. The van der Waals surface area contributed by atoms with E-state index in [2.05, 4.69) is 6.58 Å². The van der Waals surface area contributed by atoms with E-state index in [-0.39, 0.29) is 16.7 Å². The summed E-state index contributed by atoms with van der Waals surface area (Å²) in [6, 6.07) is 4.19. The van der Waals surface area contributed by atoms with Crippen molar-refractivity contribution in [2.75, 3.05) is 0 Å². The number of hydrogen-bond donors (Lipinski definition) is 7. The molecule has 6 unspecified atom stereocenters. The smallest absolute Gasteiger partial charge is 0.230 e. The van der Waals surface area contributed by atoms with E-state index in [0.717, 1.165) is 0 Å². The molecule has 1 fully saturated rings. The summed E-state index contributed by atoms with van der Waals surface area (Å²) >= 11 is 0. The van der Waals surface area contributed by atoms with Crippen LogP contribution in [0.3, 0.4) is 0 Å². The van der Waals surface area contributed by atoms with Crippen LogP contribution in [0.1, 0.15) is 22.8 Å². The summed E-state index contributed by atoms with van der Waals surface area (Å²) in [6.45, 7) is 5.08. The minimum absolute atomic E-state index is 0.136. The molecular formula is C21H22N2O8. The van der Waals surface area contributed by atoms with E-state index < -0.39 is 75.7 Å². The second kappa shape index (κ2) is 6.24. The van der Waals surface area contributed by atoms with Crippen LogP contribution in [0.25, 0.3) is 5.57 Å². The molecule has 1 amide bonds. The quantitative estimate of drug-likeness (QED) is 0.259. The maximum absolute atomic E-state index is 13.2. The number of aliphatic hydroxyl groups is 4. The van der Waals surface area contributed by atoms with Crippen LogP contribution in [0.4, 0.5) is 0 Å². The van der Waals surface area contributed by atoms with E-state index in [0.29, 0.717) is 0 Å². The van der Waals surface area contributed by atoms with Crippen LogP contribution >= 0.6 is 0 Å². The summed E-state index contributed by atoms with van der Waals surface area (Å²) in [5.41, 5.74) is 6.06. The number of amides is 1. The van der Waals surface area contributed by atoms with Gasteiger partial charge in [-0.05, 0) is 24.1 Å². The number of ketones is 2. The van der Waals surface area contributed by atoms with Crippen LogP contribution < -0.4 is 11.5 Å². The van der Waals surface area contributed by atoms with Crippen molar-refractivity contribution in [2.45, 2.75) is 30.3 Å². The highest BCUT2D eigenvalue weighted by Crippen LogP contribution is 2.56. The lowest BCUT2D eigenvalue weighted by Gasteiger charge is -2.57. The highest BCUT2D eigenvalue weighted by Gasteiger charge is 2.71. The number of nitrogens with two attached hydrogens (primary N) is 2. The van der Waals surface area contributed by atoms with Gasteiger partial charge in [0, 0.05) is 17.4 Å². The lowest BCUT2D eigenvalue weighted by Crippen LogP contribution is -2.78. The van der Waals surface area contributed by atoms with Crippen LogP contribution in [0.2, 0.25) is 0 Å². The van der Waals surface area contributed by atoms with Crippen LogP contribution in [0, 0.1) is 17.8 Å². The number of hydrogen-bond acceptors (Lipinski definition) is 9. The number of aromatic hydroxyl groups is 1. The summed E-state index contributed by atoms with van der Waals surface area (Å²) in [6.07, 6.45) is -3.64. The van der Waals surface area contributed by atoms with Crippen LogP contribution in [0.5, 0.6) is 5.75 Å². The van der Waals surface area contributed by atoms with Crippen LogP contribution in [-0.4, -0.2) is 66.4 Å². The Kier molecular flexibility index (Phi) is 4.26. The zero-order valence-electron chi connectivity index (χ0n) is 16.4. The van der Waals surface area contributed by atoms with E-state index in [1.165, 1.54) is 25.1 Å². The number of aliphatic hydroxyl groups excluding tert-OH is 3. The Morgan fingerprint density at radius 1 is 1.19 bits per heavy atom. The molecule has 10 heteroatoms. The van der Waals surface area contributed by atoms with E-state index in [1.807, 2.05) is 0 Å². The summed E-state index contributed by atoms with van der Waals surface area (Å²) in [5.74, 6) is -10.1. The number of rotatable bonds is 1. The maximum Gasteiger partial charge on any atom is 0.230 e. The first-order valence-corrected chi connectivity index (χ1v) is 9.50. The fourth-order valence-corrected chi connectivity index (χ4v) is 5.38. The van der Waals surface area contributed by atoms with E-state index in [1.54, 1.807) is 0 Å². The Morgan fingerprint density at radius 2 is 1.81 bits per heavy atom. The number of Topliss-reactive ketones (excluding diaryl/α,β-unsaturated/α-hetero) is 2. The molecule has 0 bridgehead atoms. The van der Waals surface area contributed by atoms with Gasteiger partial charge in [-0.25, -0.2) is 0 Å². The molecule has 1 aromatic carbocycles. The average Bonchev–Trinajstić information content (AvgIpc) is 2.67. The number of primary amides is 1. The van der Waals surface area contributed by atoms with Crippen molar-refractivity contribution < 1.29 is 39.9 Å². The lowest BCUT2D eigenvalue weighted by atomic mass is 9.50. The number of phenols is 1. The van der Waals surface area contributed by atoms with Gasteiger partial charge in [0.2, 0.25) is 5.91 Å². The van der Waals surface area contributed by atoms with Crippen molar-refractivity contribution in [1.82, 2.24) is 0 Å². The molecule has 0 radical (unpaired) electrons. The first kappa shape index (κ1) is 21.2. The van der Waals surface area contributed by atoms with Crippen molar-refractivity contribution in [3.63, 3.8) is 0 Å². The SMILES string of the molecule is C=C1c2cccc(O)c2C(=O)C2=C(O)C3(O)C(=O)C(C(N)=O)C(O)[C@@](C)(N)C3C(O)C12. The highest BCUT2D eigenvalue weighted by atomic mass is 16.4. The predicted octanol–water partition coefficient (Wildman–Crippen LogP) is -1.49. The zero-order chi connectivity index (χ0) is 23.2. The minimum Gasteiger partial charge on any atom is -0.508 e. The van der Waals surface area contributed by atoms with Gasteiger partial charge in [0.05, 0.1) is 23.3 Å². The van der Waals surface area contributed by atoms with E-state index in [4.69, 9.17) is 11.5 Å². The average molecular weight is 430 g/mol. The van der Waals surface area contributed by atoms with Crippen molar-refractivity contribution in [2.24, 2.45) is 29.2 Å². The Labute approximate surface area is 176 Å². The molecule has 31 heavy (non-hydrogen) atoms. The Bertz CT molecular complexity index is 1110. The Balaban J connectivity index is 2.05. The van der Waals surface area contributed by atoms with E-state index >= 15 is 0 Å². The molecule has 4 rings (SSSR count). The number of phenolic OH excluding ortho intramolecular Hbond substituents is 1. The van der Waals surface area contributed by atoms with Crippen molar-refractivity contribution in [3.8, 4) is 5.75 Å². The molecule has 3 aliphatic carbocycles. The molecule has 3 aliphatic rings. The van der Waals surface area contributed by atoms with Gasteiger partial charge in [0.15, 0.2) is 17.2 Å². The lowest BCUT2D eigenvalue weighted by molar-refractivity contribution is -0.193. The topological polar surface area (TPSA) is 204 Å². The van der Waals surface area contributed by atoms with Gasteiger partial charge in [0.25, 0.3) is 0 Å². The largest absolute Gasteiger partial charge is 0.508 e. The second-order valence-corrected chi connectivity index (χ2v) is 8.58. The molecule has 7 atom stereocenters. The van der Waals surface area contributed by atoms with E-state index in [9.17, 15) is 39.9 Å². The summed E-state index contributed by atoms with van der Waals surface area (Å²) < 4.78 is 0. The standard InChI is InChI=1S/C21H22N2O8/c1-6-7-4-3-5-8(24)10(7)13(25)11-9(6)14(26)15-20(2,23)16(27)12(19(22)30)18(29)21(15,31)17(11)28/h3-5,9,12,14-16,24,26-28,31H,1,23H2,2H3,(H2,22,30)/t9?,12?,14?,15?,16?,20-,21?/m0/s1. The molecule has 164 valence electrons. The summed E-state index contributed by atoms with van der Waals surface area (Å²) in [4.78, 5) is 38.2. The number of carbonyl (C=O) groups is 3. The summed E-state index contributed by atoms with van der Waals surface area (Å²) in [5, 5.41) is 54.4. The Hall–Kier alpha value is -3.05. The van der Waals surface area contributed by atoms with Gasteiger partial charge in [-0.2, -0.15) is 0 Å². The molecule has 0 heterocycles. The molecule has 0 aliphatic heterocycles. The van der Waals surface area contributed by atoms with Gasteiger partial charge in [-0.3, -0.25) is 14.4 Å². The predicted molar refractivity (Wildman–Crippen MR) is 105 cm³/mol. The molecule has 1 saturated carbocycles. The monoisotopic (exact) mass is 430 g/mol. The fourth-order valence-electron chi connectivity index (χ4n) is 5.38. The molecule has 0 spiro atoms. The van der Waals surface area contributed by atoms with Gasteiger partial charge >= 0.3 is 0 Å². The second-order valence-electron chi connectivity index (χ2n) is 8.58. The first-order chi connectivity index (χ1) is 14.3. The maximum atomic E-state index is 13.2. The third-order valence-electron chi connectivity index (χ3n) is 6.88. The molecular weight excluding hydrogens is 408 g/mol. The van der Waals surface area contributed by atoms with Gasteiger partial charge in [-0.1, -0.05) is 18.7 Å². The molecule has 1 aromatic rings. The highest BCUT2D eigenvalue weighted by molar-refractivity contribution is 6.19. The van der Waals surface area contributed by atoms with Crippen molar-refractivity contribution >= 4 is 23.0 Å².